The Morgan fingerprint density at radius 3 is 2.55 bits per heavy atom. The van der Waals surface area contributed by atoms with E-state index >= 15 is 0 Å². The molecule has 1 heterocycles. The van der Waals surface area contributed by atoms with Gasteiger partial charge in [-0.2, -0.15) is 0 Å². The summed E-state index contributed by atoms with van der Waals surface area (Å²) in [4.78, 5) is 12.5. The molecule has 2 aromatic carbocycles. The van der Waals surface area contributed by atoms with Crippen molar-refractivity contribution in [2.75, 3.05) is 18.2 Å². The Morgan fingerprint density at radius 1 is 1.10 bits per heavy atom. The van der Waals surface area contributed by atoms with Crippen LogP contribution in [-0.2, 0) is 4.79 Å². The van der Waals surface area contributed by atoms with Gasteiger partial charge in [-0.15, -0.1) is 10.2 Å². The summed E-state index contributed by atoms with van der Waals surface area (Å²) in [5.41, 5.74) is 1.93. The fraction of sp³-hybridized carbons (Fsp3) is 0.286. The van der Waals surface area contributed by atoms with Gasteiger partial charge in [0.1, 0.15) is 5.75 Å². The zero-order chi connectivity index (χ0) is 20.6. The highest BCUT2D eigenvalue weighted by atomic mass is 32.2. The van der Waals surface area contributed by atoms with Gasteiger partial charge in [-0.05, 0) is 23.6 Å². The molecule has 0 spiro atoms. The minimum absolute atomic E-state index is 0.0125. The van der Waals surface area contributed by atoms with Crippen LogP contribution in [-0.4, -0.2) is 29.0 Å². The van der Waals surface area contributed by atoms with Crippen LogP contribution in [0.1, 0.15) is 25.5 Å². The average molecular weight is 429 g/mol. The maximum Gasteiger partial charge on any atom is 0.230 e. The molecule has 0 radical (unpaired) electrons. The lowest BCUT2D eigenvalue weighted by molar-refractivity contribution is -0.119. The molecule has 1 aromatic heterocycles. The predicted molar refractivity (Wildman–Crippen MR) is 119 cm³/mol. The van der Waals surface area contributed by atoms with Crippen molar-refractivity contribution in [1.29, 1.82) is 0 Å². The summed E-state index contributed by atoms with van der Waals surface area (Å²) < 4.78 is 6.07. The van der Waals surface area contributed by atoms with Gasteiger partial charge in [-0.3, -0.25) is 4.79 Å². The second-order valence-corrected chi connectivity index (χ2v) is 8.89. The number of methoxy groups -OCH3 is 1. The molecule has 1 unspecified atom stereocenters. The number of thioether (sulfide) groups is 1. The first-order valence-corrected chi connectivity index (χ1v) is 11.1. The number of rotatable bonds is 9. The number of benzene rings is 2. The van der Waals surface area contributed by atoms with E-state index in [1.54, 1.807) is 7.11 Å². The maximum atomic E-state index is 12.5. The van der Waals surface area contributed by atoms with E-state index in [0.29, 0.717) is 16.8 Å². The first-order valence-electron chi connectivity index (χ1n) is 9.27. The van der Waals surface area contributed by atoms with Crippen LogP contribution in [0.4, 0.5) is 10.8 Å². The summed E-state index contributed by atoms with van der Waals surface area (Å²) in [6.07, 6.45) is 0. The average Bonchev–Trinajstić information content (AvgIpc) is 3.18. The molecule has 1 amide bonds. The third-order valence-electron chi connectivity index (χ3n) is 4.22. The molecule has 152 valence electrons. The summed E-state index contributed by atoms with van der Waals surface area (Å²) in [7, 11) is 1.63. The Morgan fingerprint density at radius 2 is 1.83 bits per heavy atom. The Hall–Kier alpha value is -2.58. The Balaban J connectivity index is 1.55. The molecule has 29 heavy (non-hydrogen) atoms. The highest BCUT2D eigenvalue weighted by Crippen LogP contribution is 2.31. The number of ether oxygens (including phenoxy) is 1. The molecule has 3 aromatic rings. The second kappa shape index (κ2) is 10.3. The zero-order valence-corrected chi connectivity index (χ0v) is 18.2. The van der Waals surface area contributed by atoms with Gasteiger partial charge >= 0.3 is 0 Å². The molecule has 0 bridgehead atoms. The van der Waals surface area contributed by atoms with Crippen LogP contribution in [0.25, 0.3) is 0 Å². The molecular formula is C21H24N4O2S2. The van der Waals surface area contributed by atoms with Gasteiger partial charge < -0.3 is 15.4 Å². The Bertz CT molecular complexity index is 931. The molecule has 0 aliphatic heterocycles. The minimum atomic E-state index is -0.0213. The lowest BCUT2D eigenvalue weighted by Gasteiger charge is -2.22. The van der Waals surface area contributed by atoms with E-state index in [0.717, 1.165) is 21.3 Å². The van der Waals surface area contributed by atoms with Crippen LogP contribution < -0.4 is 15.4 Å². The number of para-hydroxylation sites is 2. The lowest BCUT2D eigenvalue weighted by Crippen LogP contribution is -2.32. The van der Waals surface area contributed by atoms with Gasteiger partial charge in [0.05, 0.1) is 24.6 Å². The molecule has 6 nitrogen and oxygen atoms in total. The van der Waals surface area contributed by atoms with E-state index in [4.69, 9.17) is 4.74 Å². The number of amides is 1. The summed E-state index contributed by atoms with van der Waals surface area (Å²) in [6.45, 7) is 4.21. The van der Waals surface area contributed by atoms with Crippen molar-refractivity contribution in [1.82, 2.24) is 15.5 Å². The molecule has 0 saturated heterocycles. The number of carbonyl (C=O) groups is 1. The van der Waals surface area contributed by atoms with Crippen LogP contribution >= 0.6 is 23.1 Å². The van der Waals surface area contributed by atoms with E-state index < -0.39 is 0 Å². The van der Waals surface area contributed by atoms with E-state index in [1.165, 1.54) is 23.1 Å². The van der Waals surface area contributed by atoms with E-state index in [2.05, 4.69) is 34.7 Å². The predicted octanol–water partition coefficient (Wildman–Crippen LogP) is 4.90. The van der Waals surface area contributed by atoms with Crippen molar-refractivity contribution in [3.8, 4) is 5.75 Å². The third-order valence-corrected chi connectivity index (χ3v) is 6.20. The largest absolute Gasteiger partial charge is 0.495 e. The van der Waals surface area contributed by atoms with Crippen molar-refractivity contribution >= 4 is 39.8 Å². The van der Waals surface area contributed by atoms with Crippen molar-refractivity contribution in [2.24, 2.45) is 5.92 Å². The summed E-state index contributed by atoms with van der Waals surface area (Å²) in [6, 6.07) is 17.6. The number of nitrogens with zero attached hydrogens (tertiary/aromatic N) is 2. The number of anilines is 2. The fourth-order valence-electron chi connectivity index (χ4n) is 2.82. The van der Waals surface area contributed by atoms with Crippen molar-refractivity contribution in [3.63, 3.8) is 0 Å². The van der Waals surface area contributed by atoms with Gasteiger partial charge in [0.2, 0.25) is 11.0 Å². The summed E-state index contributed by atoms with van der Waals surface area (Å²) in [5.74, 6) is 1.30. The molecule has 0 fully saturated rings. The highest BCUT2D eigenvalue weighted by molar-refractivity contribution is 8.01. The molecule has 3 rings (SSSR count). The van der Waals surface area contributed by atoms with E-state index in [1.807, 2.05) is 54.6 Å². The van der Waals surface area contributed by atoms with Gasteiger partial charge in [-0.25, -0.2) is 0 Å². The minimum Gasteiger partial charge on any atom is -0.495 e. The number of carbonyl (C=O) groups excluding carboxylic acids is 1. The maximum absolute atomic E-state index is 12.5. The number of aromatic nitrogens is 2. The quantitative estimate of drug-likeness (QED) is 0.472. The van der Waals surface area contributed by atoms with Crippen molar-refractivity contribution < 1.29 is 9.53 Å². The first-order chi connectivity index (χ1) is 14.1. The highest BCUT2D eigenvalue weighted by Gasteiger charge is 2.18. The van der Waals surface area contributed by atoms with Gasteiger partial charge in [-0.1, -0.05) is 79.4 Å². The molecule has 0 aliphatic carbocycles. The smallest absolute Gasteiger partial charge is 0.230 e. The molecule has 0 saturated carbocycles. The van der Waals surface area contributed by atoms with Gasteiger partial charge in [0.15, 0.2) is 4.34 Å². The molecule has 1 atom stereocenters. The molecule has 2 N–H and O–H groups in total. The fourth-order valence-corrected chi connectivity index (χ4v) is 4.39. The van der Waals surface area contributed by atoms with Crippen LogP contribution in [0, 0.1) is 5.92 Å². The normalized spacial score (nSPS) is 11.9. The molecule has 8 heteroatoms. The second-order valence-electron chi connectivity index (χ2n) is 6.69. The Labute approximate surface area is 179 Å². The topological polar surface area (TPSA) is 76.1 Å². The number of hydrogen-bond donors (Lipinski definition) is 2. The monoisotopic (exact) mass is 428 g/mol. The zero-order valence-electron chi connectivity index (χ0n) is 16.6. The van der Waals surface area contributed by atoms with Crippen LogP contribution in [0.2, 0.25) is 0 Å². The first kappa shape index (κ1) is 21.1. The van der Waals surface area contributed by atoms with Crippen LogP contribution in [0.15, 0.2) is 58.9 Å². The standard InChI is InChI=1S/C21H24N4O2S2/c1-14(2)19(15-9-5-4-6-10-15)23-18(26)13-28-21-25-24-20(29-21)22-16-11-7-8-12-17(16)27-3/h4-12,14,19H,13H2,1-3H3,(H,22,24)(H,23,26). The van der Waals surface area contributed by atoms with E-state index in [-0.39, 0.29) is 11.9 Å². The lowest BCUT2D eigenvalue weighted by atomic mass is 9.96. The summed E-state index contributed by atoms with van der Waals surface area (Å²) in [5, 5.41) is 15.3. The third kappa shape index (κ3) is 5.95. The number of hydrogen-bond acceptors (Lipinski definition) is 7. The molecular weight excluding hydrogens is 404 g/mol. The molecule has 0 aliphatic rings. The Kier molecular flexibility index (Phi) is 7.48. The van der Waals surface area contributed by atoms with Gasteiger partial charge in [0, 0.05) is 0 Å². The van der Waals surface area contributed by atoms with Crippen LogP contribution in [0.5, 0.6) is 5.75 Å². The SMILES string of the molecule is COc1ccccc1Nc1nnc(SCC(=O)NC(c2ccccc2)C(C)C)s1. The van der Waals surface area contributed by atoms with Crippen molar-refractivity contribution in [2.45, 2.75) is 24.2 Å². The van der Waals surface area contributed by atoms with Crippen LogP contribution in [0.3, 0.4) is 0 Å². The van der Waals surface area contributed by atoms with E-state index in [9.17, 15) is 4.79 Å². The summed E-state index contributed by atoms with van der Waals surface area (Å²) >= 11 is 2.78. The van der Waals surface area contributed by atoms with Crippen molar-refractivity contribution in [3.05, 3.63) is 60.2 Å². The number of nitrogens with one attached hydrogen (secondary N) is 2. The van der Waals surface area contributed by atoms with Gasteiger partial charge in [0.25, 0.3) is 0 Å².